The highest BCUT2D eigenvalue weighted by Crippen LogP contribution is 2.39. The van der Waals surface area contributed by atoms with Gasteiger partial charge in [0.25, 0.3) is 0 Å². The van der Waals surface area contributed by atoms with Crippen LogP contribution < -0.4 is 16.4 Å². The summed E-state index contributed by atoms with van der Waals surface area (Å²) in [5.74, 6) is -1.33. The van der Waals surface area contributed by atoms with Gasteiger partial charge < -0.3 is 31.1 Å². The first-order valence-corrected chi connectivity index (χ1v) is 17.5. The molecule has 4 N–H and O–H groups in total. The maximum absolute atomic E-state index is 14.0. The molecule has 0 radical (unpaired) electrons. The lowest BCUT2D eigenvalue weighted by atomic mass is 9.91. The third kappa shape index (κ3) is 7.65. The second-order valence-corrected chi connectivity index (χ2v) is 14.3. The fraction of sp³-hybridized carbons (Fsp3) is 0.594. The van der Waals surface area contributed by atoms with E-state index in [1.54, 1.807) is 21.1 Å². The van der Waals surface area contributed by atoms with Crippen LogP contribution in [0.2, 0.25) is 5.02 Å². The topological polar surface area (TPSA) is 114 Å². The molecule has 0 unspecified atom stereocenters. The molecule has 0 spiro atoms. The quantitative estimate of drug-likeness (QED) is 0.368. The van der Waals surface area contributed by atoms with Gasteiger partial charge in [-0.2, -0.15) is 13.2 Å². The van der Waals surface area contributed by atoms with Crippen LogP contribution in [0.15, 0.2) is 23.6 Å². The Morgan fingerprint density at radius 3 is 2.38 bits per heavy atom. The van der Waals surface area contributed by atoms with Crippen molar-refractivity contribution >= 4 is 52.2 Å². The van der Waals surface area contributed by atoms with Gasteiger partial charge in [-0.15, -0.1) is 11.3 Å². The number of benzene rings is 1. The Labute approximate surface area is 281 Å². The third-order valence-electron chi connectivity index (χ3n) is 10.0. The number of thiophene rings is 1. The molecule has 47 heavy (non-hydrogen) atoms. The van der Waals surface area contributed by atoms with Gasteiger partial charge in [-0.1, -0.05) is 11.6 Å². The number of amides is 4. The first-order valence-electron chi connectivity index (χ1n) is 16.3. The number of hydrogen-bond donors (Lipinski definition) is 3. The van der Waals surface area contributed by atoms with Gasteiger partial charge in [0.2, 0.25) is 11.8 Å². The summed E-state index contributed by atoms with van der Waals surface area (Å²) in [5.41, 5.74) is 5.11. The molecule has 15 heteroatoms. The lowest BCUT2D eigenvalue weighted by molar-refractivity contribution is -0.143. The number of hydrogen-bond acceptors (Lipinski definition) is 7. The molecular formula is C32H41ClF3N7O3S. The fourth-order valence-electron chi connectivity index (χ4n) is 7.34. The second-order valence-electron chi connectivity index (χ2n) is 12.9. The number of nitrogen functional groups attached to an aromatic ring is 1. The van der Waals surface area contributed by atoms with Crippen LogP contribution in [0.25, 0.3) is 0 Å². The highest BCUT2D eigenvalue weighted by molar-refractivity contribution is 7.10. The summed E-state index contributed by atoms with van der Waals surface area (Å²) in [7, 11) is 0. The number of nitrogens with one attached hydrogen (secondary N) is 2. The Morgan fingerprint density at radius 1 is 1.00 bits per heavy atom. The van der Waals surface area contributed by atoms with Crippen molar-refractivity contribution in [3.8, 4) is 0 Å². The Hall–Kier alpha value is -3.07. The Balaban J connectivity index is 1.13. The highest BCUT2D eigenvalue weighted by Gasteiger charge is 2.38. The Kier molecular flexibility index (Phi) is 10.2. The standard InChI is InChI=1S/C32H41ClF3N7O3S/c33-25-17-20(16-24(29(25)37)32(34,35)36)15-21(30(45)42-12-10-40(11-13-42)22-1-6-38-7-2-22)18-28(44)41-8-3-23(4-9-41)43-19-27-26(5-14-47-27)39-31(43)46/h5,14,16-17,21-23,38H,1-4,6-13,15,18-19,37H2,(H,39,46)/t21-/m0/s1. The molecule has 3 saturated heterocycles. The average Bonchev–Trinajstić information content (AvgIpc) is 3.52. The van der Waals surface area contributed by atoms with Crippen LogP contribution >= 0.6 is 22.9 Å². The molecule has 1 aromatic carbocycles. The first-order chi connectivity index (χ1) is 22.5. The maximum Gasteiger partial charge on any atom is 0.418 e. The monoisotopic (exact) mass is 695 g/mol. The third-order valence-corrected chi connectivity index (χ3v) is 11.2. The smallest absolute Gasteiger partial charge is 0.397 e. The van der Waals surface area contributed by atoms with Crippen LogP contribution in [-0.2, 0) is 28.7 Å². The van der Waals surface area contributed by atoms with Gasteiger partial charge in [0, 0.05) is 62.7 Å². The minimum absolute atomic E-state index is 0.0271. The van der Waals surface area contributed by atoms with E-state index in [9.17, 15) is 27.6 Å². The molecule has 4 amide bonds. The number of halogens is 4. The van der Waals surface area contributed by atoms with Crippen LogP contribution in [0.5, 0.6) is 0 Å². The zero-order chi connectivity index (χ0) is 33.3. The molecule has 1 aromatic heterocycles. The van der Waals surface area contributed by atoms with Crippen molar-refractivity contribution in [2.24, 2.45) is 5.92 Å². The summed E-state index contributed by atoms with van der Waals surface area (Å²) >= 11 is 7.72. The Bertz CT molecular complexity index is 1470. The van der Waals surface area contributed by atoms with Gasteiger partial charge in [0.1, 0.15) is 0 Å². The lowest BCUT2D eigenvalue weighted by Gasteiger charge is -2.42. The van der Waals surface area contributed by atoms with Crippen molar-refractivity contribution in [2.75, 3.05) is 63.4 Å². The lowest BCUT2D eigenvalue weighted by Crippen LogP contribution is -2.55. The molecule has 256 valence electrons. The van der Waals surface area contributed by atoms with E-state index in [2.05, 4.69) is 15.5 Å². The van der Waals surface area contributed by atoms with Crippen molar-refractivity contribution in [1.82, 2.24) is 24.9 Å². The number of nitrogens with zero attached hydrogens (tertiary/aromatic N) is 4. The number of piperidine rings is 2. The van der Waals surface area contributed by atoms with Crippen molar-refractivity contribution in [3.63, 3.8) is 0 Å². The van der Waals surface area contributed by atoms with E-state index in [1.165, 1.54) is 6.07 Å². The van der Waals surface area contributed by atoms with Gasteiger partial charge in [0.05, 0.1) is 34.4 Å². The summed E-state index contributed by atoms with van der Waals surface area (Å²) in [6.07, 6.45) is -1.62. The van der Waals surface area contributed by atoms with Crippen LogP contribution in [0, 0.1) is 5.92 Å². The molecule has 4 aliphatic heterocycles. The molecule has 3 fully saturated rings. The van der Waals surface area contributed by atoms with Gasteiger partial charge in [0.15, 0.2) is 0 Å². The second kappa shape index (κ2) is 14.2. The van der Waals surface area contributed by atoms with Crippen LogP contribution in [0.3, 0.4) is 0 Å². The van der Waals surface area contributed by atoms with Gasteiger partial charge >= 0.3 is 12.2 Å². The van der Waals surface area contributed by atoms with Crippen LogP contribution in [0.1, 0.15) is 48.1 Å². The normalized spacial score (nSPS) is 21.0. The summed E-state index contributed by atoms with van der Waals surface area (Å²) in [5, 5.41) is 8.02. The zero-order valence-electron chi connectivity index (χ0n) is 26.2. The molecule has 4 aliphatic rings. The van der Waals surface area contributed by atoms with Gasteiger partial charge in [-0.25, -0.2) is 4.79 Å². The molecule has 0 aliphatic carbocycles. The number of anilines is 2. The van der Waals surface area contributed by atoms with E-state index in [1.807, 2.05) is 16.3 Å². The van der Waals surface area contributed by atoms with Crippen LogP contribution in [-0.4, -0.2) is 102 Å². The SMILES string of the molecule is Nc1c(Cl)cc(C[C@@H](CC(=O)N2CCC(N3Cc4sccc4NC3=O)CC2)C(=O)N2CCN(C3CCNCC3)CC2)cc1C(F)(F)F. The number of rotatable bonds is 7. The summed E-state index contributed by atoms with van der Waals surface area (Å²) < 4.78 is 41.3. The summed E-state index contributed by atoms with van der Waals surface area (Å²) in [4.78, 5) is 49.2. The molecular weight excluding hydrogens is 655 g/mol. The highest BCUT2D eigenvalue weighted by atomic mass is 35.5. The van der Waals surface area contributed by atoms with Crippen molar-refractivity contribution in [2.45, 2.75) is 63.3 Å². The van der Waals surface area contributed by atoms with Crippen LogP contribution in [0.4, 0.5) is 29.3 Å². The van der Waals surface area contributed by atoms with E-state index in [-0.39, 0.29) is 47.3 Å². The molecule has 0 saturated carbocycles. The minimum Gasteiger partial charge on any atom is -0.397 e. The fourth-order valence-corrected chi connectivity index (χ4v) is 8.41. The molecule has 2 aromatic rings. The number of carbonyl (C=O) groups excluding carboxylic acids is 3. The number of carbonyl (C=O) groups is 3. The molecule has 5 heterocycles. The first kappa shape index (κ1) is 33.8. The number of likely N-dealkylation sites (tertiary alicyclic amines) is 1. The predicted molar refractivity (Wildman–Crippen MR) is 175 cm³/mol. The molecule has 6 rings (SSSR count). The van der Waals surface area contributed by atoms with E-state index in [0.29, 0.717) is 64.7 Å². The van der Waals surface area contributed by atoms with Gasteiger partial charge in [-0.3, -0.25) is 14.5 Å². The van der Waals surface area contributed by atoms with Crippen molar-refractivity contribution in [1.29, 1.82) is 0 Å². The summed E-state index contributed by atoms with van der Waals surface area (Å²) in [6.45, 7) is 5.74. The van der Waals surface area contributed by atoms with E-state index < -0.39 is 23.3 Å². The number of urea groups is 1. The molecule has 0 bridgehead atoms. The largest absolute Gasteiger partial charge is 0.418 e. The number of piperazine rings is 1. The number of nitrogens with two attached hydrogens (primary N) is 1. The molecule has 1 atom stereocenters. The van der Waals surface area contributed by atoms with E-state index >= 15 is 0 Å². The van der Waals surface area contributed by atoms with Crippen molar-refractivity contribution < 1.29 is 27.6 Å². The molecule has 10 nitrogen and oxygen atoms in total. The predicted octanol–water partition coefficient (Wildman–Crippen LogP) is 4.49. The Morgan fingerprint density at radius 2 is 1.70 bits per heavy atom. The zero-order valence-corrected chi connectivity index (χ0v) is 27.7. The van der Waals surface area contributed by atoms with Crippen molar-refractivity contribution in [3.05, 3.63) is 44.6 Å². The van der Waals surface area contributed by atoms with E-state index in [4.69, 9.17) is 17.3 Å². The summed E-state index contributed by atoms with van der Waals surface area (Å²) in [6, 6.07) is 4.49. The number of fused-ring (bicyclic) bond motifs is 1. The number of alkyl halides is 3. The van der Waals surface area contributed by atoms with E-state index in [0.717, 1.165) is 42.6 Å². The maximum atomic E-state index is 14.0. The van der Waals surface area contributed by atoms with Gasteiger partial charge in [-0.05, 0) is 74.3 Å². The minimum atomic E-state index is -4.72. The average molecular weight is 696 g/mol.